The molecule has 6 rings (SSSR count). The van der Waals surface area contributed by atoms with E-state index in [0.717, 1.165) is 56.0 Å². The molecule has 0 aliphatic heterocycles. The molecule has 0 fully saturated rings. The van der Waals surface area contributed by atoms with Gasteiger partial charge in [0.15, 0.2) is 30.3 Å². The summed E-state index contributed by atoms with van der Waals surface area (Å²) in [6.07, 6.45) is 4.23. The zero-order valence-electron chi connectivity index (χ0n) is 33.6. The van der Waals surface area contributed by atoms with E-state index in [-0.39, 0.29) is 0 Å². The molecule has 4 aromatic rings. The summed E-state index contributed by atoms with van der Waals surface area (Å²) < 4.78 is 26.9. The van der Waals surface area contributed by atoms with E-state index in [1.807, 2.05) is 0 Å². The Hall–Kier alpha value is -3.86. The van der Waals surface area contributed by atoms with Gasteiger partial charge >= 0.3 is 0 Å². The van der Waals surface area contributed by atoms with Crippen LogP contribution in [0.15, 0.2) is 60.7 Å². The highest BCUT2D eigenvalue weighted by Crippen LogP contribution is 2.65. The van der Waals surface area contributed by atoms with Crippen LogP contribution in [0.3, 0.4) is 0 Å². The van der Waals surface area contributed by atoms with Crippen LogP contribution in [-0.4, -0.2) is 33.7 Å². The first-order valence-electron chi connectivity index (χ1n) is 20.2. The summed E-state index contributed by atoms with van der Waals surface area (Å²) in [7, 11) is 0.968. The molecule has 0 saturated heterocycles. The molecule has 0 radical (unpaired) electrons. The fourth-order valence-electron chi connectivity index (χ4n) is 7.47. The number of rotatable bonds is 17. The van der Waals surface area contributed by atoms with Gasteiger partial charge in [-0.1, -0.05) is 135 Å². The van der Waals surface area contributed by atoms with Crippen LogP contribution in [0.4, 0.5) is 0 Å². The minimum Gasteiger partial charge on any atom is -0.489 e. The van der Waals surface area contributed by atoms with Crippen molar-refractivity contribution < 1.29 is 18.9 Å². The molecule has 0 bridgehead atoms. The second-order valence-corrected chi connectivity index (χ2v) is 16.0. The van der Waals surface area contributed by atoms with Crippen LogP contribution >= 0.6 is 0 Å². The Kier molecular flexibility index (Phi) is 11.7. The highest BCUT2D eigenvalue weighted by molar-refractivity contribution is 6.52. The first-order chi connectivity index (χ1) is 25.1. The summed E-state index contributed by atoms with van der Waals surface area (Å²) in [5.74, 6) is 5.01. The molecule has 2 aliphatic carbocycles. The molecule has 4 aromatic carbocycles. The summed E-state index contributed by atoms with van der Waals surface area (Å²) in [4.78, 5) is 0. The van der Waals surface area contributed by atoms with Crippen molar-refractivity contribution in [1.82, 2.24) is 0 Å². The average molecular weight is 701 g/mol. The number of hydrogen-bond donors (Lipinski definition) is 0. The van der Waals surface area contributed by atoms with Gasteiger partial charge in [-0.05, 0) is 99.4 Å². The Bertz CT molecular complexity index is 1800. The second kappa shape index (κ2) is 16.0. The molecule has 5 heteroatoms. The number of ether oxygens (including phenoxy) is 4. The summed E-state index contributed by atoms with van der Waals surface area (Å²) in [5.41, 5.74) is 12.1. The molecule has 4 nitrogen and oxygen atoms in total. The normalized spacial score (nSPS) is 17.4. The van der Waals surface area contributed by atoms with Crippen LogP contribution in [0, 0.1) is 30.6 Å². The Morgan fingerprint density at radius 3 is 1.25 bits per heavy atom. The van der Waals surface area contributed by atoms with Gasteiger partial charge in [-0.25, -0.2) is 0 Å². The van der Waals surface area contributed by atoms with Crippen molar-refractivity contribution >= 4 is 12.7 Å². The molecule has 0 amide bonds. The summed E-state index contributed by atoms with van der Waals surface area (Å²) in [6, 6.07) is 23.3. The maximum absolute atomic E-state index is 6.75. The fraction of sp³-hybridized carbons (Fsp3) is 0.489. The van der Waals surface area contributed by atoms with Crippen molar-refractivity contribution in [3.63, 3.8) is 0 Å². The van der Waals surface area contributed by atoms with Crippen LogP contribution in [0.25, 0.3) is 22.3 Å². The van der Waals surface area contributed by atoms with Gasteiger partial charge < -0.3 is 18.9 Å². The lowest BCUT2D eigenvalue weighted by Crippen LogP contribution is -2.28. The predicted octanol–water partition coefficient (Wildman–Crippen LogP) is 11.1. The van der Waals surface area contributed by atoms with E-state index in [9.17, 15) is 0 Å². The maximum atomic E-state index is 6.75. The standard InChI is InChI=1S/C47H61BO4/c1-11-29(5)25-49-43-21-37-38-22-44(50-26-30(6)12-2)46(52-28-32(8)14-4)24-42(38)47(41(37)23-45(43)51-27-31(7)13-3)39-19-33(9)15-17-35(39)36-18-16-34(48-10)20-40(36)47/h15-24,29-32,48H,11-14,25-28H2,1-10H3. The predicted molar refractivity (Wildman–Crippen MR) is 220 cm³/mol. The first-order valence-corrected chi connectivity index (χ1v) is 20.2. The van der Waals surface area contributed by atoms with Crippen LogP contribution in [-0.2, 0) is 5.41 Å². The average Bonchev–Trinajstić information content (AvgIpc) is 3.60. The quantitative estimate of drug-likeness (QED) is 0.0888. The minimum atomic E-state index is -0.556. The molecule has 4 unspecified atom stereocenters. The van der Waals surface area contributed by atoms with Gasteiger partial charge in [0.25, 0.3) is 0 Å². The van der Waals surface area contributed by atoms with Gasteiger partial charge in [-0.2, -0.15) is 0 Å². The Morgan fingerprint density at radius 1 is 0.481 bits per heavy atom. The SMILES string of the molecule is CBc1ccc2c(c1)C1(c3cc(C)ccc3-2)c2cc(OCC(C)CC)c(OCC(C)CC)cc2-c2cc(OCC(C)CC)c(OCC(C)CC)cc21. The van der Waals surface area contributed by atoms with Gasteiger partial charge in [0.1, 0.15) is 0 Å². The molecule has 2 aliphatic rings. The highest BCUT2D eigenvalue weighted by Gasteiger charge is 2.53. The monoisotopic (exact) mass is 700 g/mol. The Morgan fingerprint density at radius 2 is 0.846 bits per heavy atom. The summed E-state index contributed by atoms with van der Waals surface area (Å²) in [6.45, 7) is 24.9. The zero-order valence-corrected chi connectivity index (χ0v) is 33.6. The van der Waals surface area contributed by atoms with E-state index in [4.69, 9.17) is 18.9 Å². The van der Waals surface area contributed by atoms with E-state index >= 15 is 0 Å². The molecule has 0 saturated carbocycles. The molecule has 0 aromatic heterocycles. The van der Waals surface area contributed by atoms with Crippen LogP contribution in [0.5, 0.6) is 23.0 Å². The molecule has 52 heavy (non-hydrogen) atoms. The van der Waals surface area contributed by atoms with Gasteiger partial charge in [0.05, 0.1) is 31.8 Å². The Labute approximate surface area is 314 Å². The van der Waals surface area contributed by atoms with Crippen LogP contribution < -0.4 is 24.4 Å². The molecule has 4 atom stereocenters. The third kappa shape index (κ3) is 6.97. The molecular weight excluding hydrogens is 639 g/mol. The van der Waals surface area contributed by atoms with Gasteiger partial charge in [-0.3, -0.25) is 0 Å². The van der Waals surface area contributed by atoms with Crippen molar-refractivity contribution in [3.8, 4) is 45.3 Å². The number of benzene rings is 4. The smallest absolute Gasteiger partial charge is 0.161 e. The summed E-state index contributed by atoms with van der Waals surface area (Å²) in [5, 5.41) is 0. The minimum absolute atomic E-state index is 0.431. The van der Waals surface area contributed by atoms with E-state index < -0.39 is 5.41 Å². The molecule has 0 heterocycles. The number of aryl methyl sites for hydroxylation is 1. The lowest BCUT2D eigenvalue weighted by Gasteiger charge is -2.32. The third-order valence-electron chi connectivity index (χ3n) is 11.9. The van der Waals surface area contributed by atoms with E-state index in [0.29, 0.717) is 50.1 Å². The van der Waals surface area contributed by atoms with Crippen molar-refractivity contribution in [1.29, 1.82) is 0 Å². The van der Waals surface area contributed by atoms with Gasteiger partial charge in [0, 0.05) is 0 Å². The van der Waals surface area contributed by atoms with Crippen molar-refractivity contribution in [2.24, 2.45) is 23.7 Å². The van der Waals surface area contributed by atoms with Crippen molar-refractivity contribution in [2.45, 2.75) is 100 Å². The lowest BCUT2D eigenvalue weighted by molar-refractivity contribution is 0.217. The van der Waals surface area contributed by atoms with E-state index in [1.165, 1.54) is 55.5 Å². The van der Waals surface area contributed by atoms with Crippen LogP contribution in [0.1, 0.15) is 109 Å². The third-order valence-corrected chi connectivity index (χ3v) is 11.9. The zero-order chi connectivity index (χ0) is 37.2. The Balaban J connectivity index is 1.68. The van der Waals surface area contributed by atoms with Gasteiger partial charge in [-0.15, -0.1) is 0 Å². The summed E-state index contributed by atoms with van der Waals surface area (Å²) >= 11 is 0. The molecule has 276 valence electrons. The van der Waals surface area contributed by atoms with Crippen LogP contribution in [0.2, 0.25) is 6.82 Å². The number of fused-ring (bicyclic) bond motifs is 10. The van der Waals surface area contributed by atoms with E-state index in [2.05, 4.69) is 130 Å². The van der Waals surface area contributed by atoms with Gasteiger partial charge in [0.2, 0.25) is 0 Å². The lowest BCUT2D eigenvalue weighted by atomic mass is 9.67. The second-order valence-electron chi connectivity index (χ2n) is 16.0. The van der Waals surface area contributed by atoms with Crippen molar-refractivity contribution in [2.75, 3.05) is 26.4 Å². The largest absolute Gasteiger partial charge is 0.489 e. The number of hydrogen-bond acceptors (Lipinski definition) is 4. The molecule has 1 spiro atoms. The highest BCUT2D eigenvalue weighted by atomic mass is 16.5. The first kappa shape index (κ1) is 37.9. The van der Waals surface area contributed by atoms with E-state index in [1.54, 1.807) is 0 Å². The molecular formula is C47H61BO4. The van der Waals surface area contributed by atoms with Crippen molar-refractivity contribution in [3.05, 3.63) is 88.5 Å². The topological polar surface area (TPSA) is 36.9 Å². The maximum Gasteiger partial charge on any atom is 0.161 e. The fourth-order valence-corrected chi connectivity index (χ4v) is 7.47. The molecule has 0 N–H and O–H groups in total.